The van der Waals surface area contributed by atoms with E-state index >= 15 is 0 Å². The molecular formula is C11H15N3. The molecular weight excluding hydrogens is 174 g/mol. The summed E-state index contributed by atoms with van der Waals surface area (Å²) in [4.78, 5) is 10.3. The maximum Gasteiger partial charge on any atom is 0.139 e. The lowest BCUT2D eigenvalue weighted by molar-refractivity contribution is 1.01. The Bertz CT molecular complexity index is 354. The number of aromatic nitrogens is 2. The first-order valence-corrected chi connectivity index (χ1v) is 4.45. The molecule has 0 aromatic carbocycles. The molecule has 1 aromatic rings. The zero-order chi connectivity index (χ0) is 10.6. The van der Waals surface area contributed by atoms with Gasteiger partial charge in [0.15, 0.2) is 0 Å². The molecule has 0 unspecified atom stereocenters. The summed E-state index contributed by atoms with van der Waals surface area (Å²) in [6.07, 6.45) is 7.18. The van der Waals surface area contributed by atoms with Crippen LogP contribution in [-0.2, 0) is 0 Å². The zero-order valence-electron chi connectivity index (χ0n) is 8.86. The summed E-state index contributed by atoms with van der Waals surface area (Å²) in [5, 5.41) is 0. The number of aryl methyl sites for hydroxylation is 1. The van der Waals surface area contributed by atoms with Gasteiger partial charge in [0.25, 0.3) is 0 Å². The first-order valence-electron chi connectivity index (χ1n) is 4.45. The maximum atomic E-state index is 4.22. The summed E-state index contributed by atoms with van der Waals surface area (Å²) in [7, 11) is 3.93. The summed E-state index contributed by atoms with van der Waals surface area (Å²) in [5.41, 5.74) is 2.01. The lowest BCUT2D eigenvalue weighted by Crippen LogP contribution is -2.13. The first kappa shape index (κ1) is 10.4. The highest BCUT2D eigenvalue weighted by molar-refractivity contribution is 5.65. The van der Waals surface area contributed by atoms with Gasteiger partial charge in [-0.05, 0) is 13.0 Å². The number of hydrogen-bond donors (Lipinski definition) is 0. The van der Waals surface area contributed by atoms with E-state index in [0.717, 1.165) is 17.1 Å². The molecule has 0 spiro atoms. The highest BCUT2D eigenvalue weighted by atomic mass is 15.1. The Morgan fingerprint density at radius 1 is 1.36 bits per heavy atom. The fraction of sp³-hybridized carbons (Fsp3) is 0.273. The van der Waals surface area contributed by atoms with Crippen LogP contribution in [0.4, 0.5) is 5.82 Å². The smallest absolute Gasteiger partial charge is 0.139 e. The second kappa shape index (κ2) is 4.56. The topological polar surface area (TPSA) is 29.0 Å². The molecule has 0 bridgehead atoms. The quantitative estimate of drug-likeness (QED) is 0.681. The summed E-state index contributed by atoms with van der Waals surface area (Å²) >= 11 is 0. The fourth-order valence-corrected chi connectivity index (χ4v) is 1.19. The minimum absolute atomic E-state index is 0.926. The molecule has 0 radical (unpaired) electrons. The van der Waals surface area contributed by atoms with E-state index in [4.69, 9.17) is 0 Å². The van der Waals surface area contributed by atoms with Gasteiger partial charge in [-0.2, -0.15) is 0 Å². The molecule has 0 atom stereocenters. The number of rotatable bonds is 3. The summed E-state index contributed by atoms with van der Waals surface area (Å²) in [5.74, 6) is 0.926. The van der Waals surface area contributed by atoms with Crippen LogP contribution in [0.1, 0.15) is 11.3 Å². The molecule has 0 N–H and O–H groups in total. The molecule has 0 aliphatic rings. The van der Waals surface area contributed by atoms with Gasteiger partial charge in [-0.25, -0.2) is 9.97 Å². The van der Waals surface area contributed by atoms with E-state index in [1.54, 1.807) is 12.4 Å². The monoisotopic (exact) mass is 189 g/mol. The van der Waals surface area contributed by atoms with Crippen molar-refractivity contribution in [2.24, 2.45) is 0 Å². The van der Waals surface area contributed by atoms with Crippen molar-refractivity contribution >= 4 is 11.9 Å². The van der Waals surface area contributed by atoms with Crippen LogP contribution in [0.25, 0.3) is 6.08 Å². The molecule has 14 heavy (non-hydrogen) atoms. The molecule has 3 heteroatoms. The van der Waals surface area contributed by atoms with Crippen LogP contribution in [0.15, 0.2) is 25.1 Å². The molecule has 0 amide bonds. The fourth-order valence-electron chi connectivity index (χ4n) is 1.19. The van der Waals surface area contributed by atoms with E-state index in [2.05, 4.69) is 16.5 Å². The largest absolute Gasteiger partial charge is 0.362 e. The predicted molar refractivity (Wildman–Crippen MR) is 60.3 cm³/mol. The van der Waals surface area contributed by atoms with Crippen molar-refractivity contribution in [3.63, 3.8) is 0 Å². The van der Waals surface area contributed by atoms with Crippen molar-refractivity contribution in [2.45, 2.75) is 6.92 Å². The van der Waals surface area contributed by atoms with Gasteiger partial charge in [0.1, 0.15) is 12.1 Å². The van der Waals surface area contributed by atoms with Gasteiger partial charge < -0.3 is 4.90 Å². The van der Waals surface area contributed by atoms with Crippen molar-refractivity contribution in [1.29, 1.82) is 0 Å². The second-order valence-corrected chi connectivity index (χ2v) is 3.19. The van der Waals surface area contributed by atoms with Crippen molar-refractivity contribution in [3.8, 4) is 0 Å². The van der Waals surface area contributed by atoms with E-state index in [1.165, 1.54) is 0 Å². The minimum Gasteiger partial charge on any atom is -0.362 e. The van der Waals surface area contributed by atoms with Gasteiger partial charge >= 0.3 is 0 Å². The third-order valence-corrected chi connectivity index (χ3v) is 1.88. The Kier molecular flexibility index (Phi) is 3.40. The van der Waals surface area contributed by atoms with Gasteiger partial charge in [-0.1, -0.05) is 18.7 Å². The van der Waals surface area contributed by atoms with Crippen LogP contribution in [0, 0.1) is 6.92 Å². The molecule has 0 aliphatic carbocycles. The number of allylic oxidation sites excluding steroid dienone is 2. The van der Waals surface area contributed by atoms with Gasteiger partial charge in [-0.15, -0.1) is 0 Å². The minimum atomic E-state index is 0.926. The Balaban J connectivity index is 3.21. The number of anilines is 1. The lowest BCUT2D eigenvalue weighted by Gasteiger charge is -2.14. The van der Waals surface area contributed by atoms with Crippen LogP contribution in [0.2, 0.25) is 0 Å². The zero-order valence-corrected chi connectivity index (χ0v) is 8.86. The average molecular weight is 189 g/mol. The van der Waals surface area contributed by atoms with E-state index in [1.807, 2.05) is 38.1 Å². The lowest BCUT2D eigenvalue weighted by atomic mass is 10.2. The van der Waals surface area contributed by atoms with Gasteiger partial charge in [-0.3, -0.25) is 0 Å². The SMILES string of the molecule is C=C/C=C\c1c(C)ncnc1N(C)C. The molecule has 1 rings (SSSR count). The van der Waals surface area contributed by atoms with Gasteiger partial charge in [0, 0.05) is 19.7 Å². The highest BCUT2D eigenvalue weighted by Gasteiger charge is 2.06. The van der Waals surface area contributed by atoms with Crippen molar-refractivity contribution < 1.29 is 0 Å². The van der Waals surface area contributed by atoms with E-state index in [-0.39, 0.29) is 0 Å². The molecule has 0 aliphatic heterocycles. The summed E-state index contributed by atoms with van der Waals surface area (Å²) < 4.78 is 0. The molecule has 74 valence electrons. The molecule has 1 heterocycles. The summed E-state index contributed by atoms with van der Waals surface area (Å²) in [6.45, 7) is 5.61. The Morgan fingerprint density at radius 2 is 2.07 bits per heavy atom. The molecule has 3 nitrogen and oxygen atoms in total. The Morgan fingerprint density at radius 3 is 2.64 bits per heavy atom. The van der Waals surface area contributed by atoms with E-state index in [0.29, 0.717) is 0 Å². The molecule has 0 fully saturated rings. The van der Waals surface area contributed by atoms with Gasteiger partial charge in [0.05, 0.1) is 5.69 Å². The second-order valence-electron chi connectivity index (χ2n) is 3.19. The van der Waals surface area contributed by atoms with Crippen molar-refractivity contribution in [2.75, 3.05) is 19.0 Å². The maximum absolute atomic E-state index is 4.22. The van der Waals surface area contributed by atoms with Crippen LogP contribution in [0.5, 0.6) is 0 Å². The first-order chi connectivity index (χ1) is 6.66. The van der Waals surface area contributed by atoms with Crippen LogP contribution in [0.3, 0.4) is 0 Å². The van der Waals surface area contributed by atoms with Crippen LogP contribution < -0.4 is 4.90 Å². The highest BCUT2D eigenvalue weighted by Crippen LogP contribution is 2.18. The Hall–Kier alpha value is -1.64. The number of hydrogen-bond acceptors (Lipinski definition) is 3. The van der Waals surface area contributed by atoms with E-state index in [9.17, 15) is 0 Å². The average Bonchev–Trinajstić information content (AvgIpc) is 2.15. The number of nitrogens with zero attached hydrogens (tertiary/aromatic N) is 3. The van der Waals surface area contributed by atoms with Gasteiger partial charge in [0.2, 0.25) is 0 Å². The third kappa shape index (κ3) is 2.19. The summed E-state index contributed by atoms with van der Waals surface area (Å²) in [6, 6.07) is 0. The van der Waals surface area contributed by atoms with E-state index < -0.39 is 0 Å². The molecule has 1 aromatic heterocycles. The van der Waals surface area contributed by atoms with Crippen molar-refractivity contribution in [3.05, 3.63) is 36.3 Å². The Labute approximate surface area is 84.8 Å². The van der Waals surface area contributed by atoms with Crippen LogP contribution >= 0.6 is 0 Å². The van der Waals surface area contributed by atoms with Crippen molar-refractivity contribution in [1.82, 2.24) is 9.97 Å². The normalized spacial score (nSPS) is 10.5. The standard InChI is InChI=1S/C11H15N3/c1-5-6-7-10-9(2)12-8-13-11(10)14(3)4/h5-8H,1H2,2-4H3/b7-6-. The predicted octanol–water partition coefficient (Wildman–Crippen LogP) is 2.05. The van der Waals surface area contributed by atoms with Crippen LogP contribution in [-0.4, -0.2) is 24.1 Å². The molecule has 0 saturated carbocycles. The molecule has 0 saturated heterocycles. The third-order valence-electron chi connectivity index (χ3n) is 1.88.